The maximum Gasteiger partial charge on any atom is 0.247 e. The Kier molecular flexibility index (Phi) is 5.07. The first-order valence-corrected chi connectivity index (χ1v) is 9.27. The molecule has 2 aromatic carbocycles. The van der Waals surface area contributed by atoms with E-state index in [9.17, 15) is 0 Å². The Morgan fingerprint density at radius 2 is 1.63 bits per heavy atom. The van der Waals surface area contributed by atoms with Gasteiger partial charge >= 0.3 is 0 Å². The van der Waals surface area contributed by atoms with Crippen molar-refractivity contribution in [2.45, 2.75) is 13.0 Å². The summed E-state index contributed by atoms with van der Waals surface area (Å²) in [6.07, 6.45) is 0. The first kappa shape index (κ1) is 17.5. The number of aromatic nitrogens is 2. The summed E-state index contributed by atoms with van der Waals surface area (Å²) >= 11 is 0. The van der Waals surface area contributed by atoms with E-state index in [0.717, 1.165) is 43.2 Å². The number of rotatable bonds is 5. The van der Waals surface area contributed by atoms with Crippen LogP contribution in [0.25, 0.3) is 11.5 Å². The lowest BCUT2D eigenvalue weighted by Gasteiger charge is -2.38. The zero-order chi connectivity index (χ0) is 18.6. The van der Waals surface area contributed by atoms with E-state index in [-0.39, 0.29) is 6.04 Å². The van der Waals surface area contributed by atoms with Crippen LogP contribution in [0.2, 0.25) is 0 Å². The van der Waals surface area contributed by atoms with Crippen LogP contribution in [-0.4, -0.2) is 48.4 Å². The van der Waals surface area contributed by atoms with E-state index in [1.165, 1.54) is 0 Å². The van der Waals surface area contributed by atoms with Crippen molar-refractivity contribution in [3.8, 4) is 17.2 Å². The summed E-state index contributed by atoms with van der Waals surface area (Å²) in [6, 6.07) is 18.1. The van der Waals surface area contributed by atoms with Gasteiger partial charge < -0.3 is 14.1 Å². The molecule has 0 aliphatic carbocycles. The average molecular weight is 364 g/mol. The molecular weight excluding hydrogens is 340 g/mol. The van der Waals surface area contributed by atoms with Crippen molar-refractivity contribution < 1.29 is 9.15 Å². The molecule has 140 valence electrons. The van der Waals surface area contributed by atoms with Crippen molar-refractivity contribution in [2.75, 3.05) is 38.2 Å². The van der Waals surface area contributed by atoms with E-state index >= 15 is 0 Å². The van der Waals surface area contributed by atoms with Crippen LogP contribution in [0.5, 0.6) is 5.75 Å². The van der Waals surface area contributed by atoms with E-state index in [1.807, 2.05) is 42.5 Å². The van der Waals surface area contributed by atoms with Gasteiger partial charge in [-0.15, -0.1) is 10.2 Å². The van der Waals surface area contributed by atoms with Crippen molar-refractivity contribution in [2.24, 2.45) is 0 Å². The smallest absolute Gasteiger partial charge is 0.247 e. The summed E-state index contributed by atoms with van der Waals surface area (Å²) in [7, 11) is 1.72. The molecule has 1 aliphatic heterocycles. The van der Waals surface area contributed by atoms with Gasteiger partial charge in [-0.2, -0.15) is 0 Å². The topological polar surface area (TPSA) is 54.6 Å². The van der Waals surface area contributed by atoms with Gasteiger partial charge in [-0.1, -0.05) is 30.3 Å². The second-order valence-corrected chi connectivity index (χ2v) is 6.68. The zero-order valence-electron chi connectivity index (χ0n) is 15.7. The van der Waals surface area contributed by atoms with Gasteiger partial charge in [0.1, 0.15) is 5.75 Å². The lowest BCUT2D eigenvalue weighted by Crippen LogP contribution is -2.47. The lowest BCUT2D eigenvalue weighted by atomic mass is 10.2. The minimum absolute atomic E-state index is 0.0924. The zero-order valence-corrected chi connectivity index (χ0v) is 15.7. The summed E-state index contributed by atoms with van der Waals surface area (Å²) in [5.41, 5.74) is 2.10. The number of hydrogen-bond donors (Lipinski definition) is 0. The van der Waals surface area contributed by atoms with E-state index in [1.54, 1.807) is 7.11 Å². The quantitative estimate of drug-likeness (QED) is 0.689. The van der Waals surface area contributed by atoms with E-state index in [0.29, 0.717) is 11.8 Å². The van der Waals surface area contributed by atoms with Gasteiger partial charge in [-0.3, -0.25) is 4.90 Å². The molecule has 4 rings (SSSR count). The SMILES string of the molecule is COc1ccccc1N1CCN(C(C)c2nnc(-c3ccccc3)o2)CC1. The molecule has 2 heterocycles. The Hall–Kier alpha value is -2.86. The van der Waals surface area contributed by atoms with Crippen LogP contribution >= 0.6 is 0 Å². The van der Waals surface area contributed by atoms with Crippen LogP contribution in [0.4, 0.5) is 5.69 Å². The van der Waals surface area contributed by atoms with Crippen LogP contribution in [-0.2, 0) is 0 Å². The fourth-order valence-corrected chi connectivity index (χ4v) is 3.50. The van der Waals surface area contributed by atoms with Gasteiger partial charge in [0, 0.05) is 31.7 Å². The fourth-order valence-electron chi connectivity index (χ4n) is 3.50. The monoisotopic (exact) mass is 364 g/mol. The van der Waals surface area contributed by atoms with Crippen LogP contribution in [0.3, 0.4) is 0 Å². The molecule has 3 aromatic rings. The molecule has 0 bridgehead atoms. The molecule has 0 spiro atoms. The summed E-state index contributed by atoms with van der Waals surface area (Å²) < 4.78 is 11.4. The largest absolute Gasteiger partial charge is 0.495 e. The Balaban J connectivity index is 1.42. The number of benzene rings is 2. The molecule has 27 heavy (non-hydrogen) atoms. The number of piperazine rings is 1. The number of anilines is 1. The molecule has 1 atom stereocenters. The maximum absolute atomic E-state index is 5.94. The molecule has 1 fully saturated rings. The third-order valence-electron chi connectivity index (χ3n) is 5.11. The minimum Gasteiger partial charge on any atom is -0.495 e. The molecule has 6 nitrogen and oxygen atoms in total. The molecule has 0 N–H and O–H groups in total. The molecule has 1 aromatic heterocycles. The lowest BCUT2D eigenvalue weighted by molar-refractivity contribution is 0.173. The standard InChI is InChI=1S/C21H24N4O2/c1-16(20-22-23-21(27-20)17-8-4-3-5-9-17)24-12-14-25(15-13-24)18-10-6-7-11-19(18)26-2/h3-11,16H,12-15H2,1-2H3. The summed E-state index contributed by atoms with van der Waals surface area (Å²) in [5, 5.41) is 8.50. The number of nitrogens with zero attached hydrogens (tertiary/aromatic N) is 4. The number of para-hydroxylation sites is 2. The van der Waals surface area contributed by atoms with Crippen LogP contribution in [0.1, 0.15) is 18.9 Å². The molecule has 1 unspecified atom stereocenters. The molecule has 1 saturated heterocycles. The van der Waals surface area contributed by atoms with Crippen molar-refractivity contribution in [3.05, 3.63) is 60.5 Å². The highest BCUT2D eigenvalue weighted by Gasteiger charge is 2.26. The Morgan fingerprint density at radius 1 is 0.926 bits per heavy atom. The van der Waals surface area contributed by atoms with Gasteiger partial charge in [-0.05, 0) is 31.2 Å². The van der Waals surface area contributed by atoms with Crippen LogP contribution in [0, 0.1) is 0 Å². The summed E-state index contributed by atoms with van der Waals surface area (Å²) in [4.78, 5) is 4.75. The Bertz CT molecular complexity index is 873. The van der Waals surface area contributed by atoms with Crippen molar-refractivity contribution in [3.63, 3.8) is 0 Å². The number of ether oxygens (including phenoxy) is 1. The highest BCUT2D eigenvalue weighted by molar-refractivity contribution is 5.58. The normalized spacial score (nSPS) is 16.3. The predicted molar refractivity (Wildman–Crippen MR) is 105 cm³/mol. The van der Waals surface area contributed by atoms with E-state index in [2.05, 4.69) is 39.1 Å². The fraction of sp³-hybridized carbons (Fsp3) is 0.333. The third kappa shape index (κ3) is 3.66. The molecule has 0 radical (unpaired) electrons. The van der Waals surface area contributed by atoms with Crippen LogP contribution in [0.15, 0.2) is 59.0 Å². The first-order chi connectivity index (χ1) is 13.3. The maximum atomic E-state index is 5.94. The average Bonchev–Trinajstić information content (AvgIpc) is 3.24. The van der Waals surface area contributed by atoms with E-state index in [4.69, 9.17) is 9.15 Å². The van der Waals surface area contributed by atoms with Gasteiger partial charge in [0.2, 0.25) is 11.8 Å². The third-order valence-corrected chi connectivity index (χ3v) is 5.11. The van der Waals surface area contributed by atoms with Gasteiger partial charge in [-0.25, -0.2) is 0 Å². The second-order valence-electron chi connectivity index (χ2n) is 6.68. The van der Waals surface area contributed by atoms with Gasteiger partial charge in [0.15, 0.2) is 0 Å². The van der Waals surface area contributed by atoms with E-state index < -0.39 is 0 Å². The molecule has 0 saturated carbocycles. The summed E-state index contributed by atoms with van der Waals surface area (Å²) in [6.45, 7) is 5.86. The number of hydrogen-bond acceptors (Lipinski definition) is 6. The number of methoxy groups -OCH3 is 1. The molecule has 0 amide bonds. The minimum atomic E-state index is 0.0924. The highest BCUT2D eigenvalue weighted by atomic mass is 16.5. The highest BCUT2D eigenvalue weighted by Crippen LogP contribution is 2.30. The second kappa shape index (κ2) is 7.80. The van der Waals surface area contributed by atoms with Crippen molar-refractivity contribution in [1.29, 1.82) is 0 Å². The Labute approximate surface area is 159 Å². The predicted octanol–water partition coefficient (Wildman–Crippen LogP) is 3.63. The van der Waals surface area contributed by atoms with Gasteiger partial charge in [0.25, 0.3) is 0 Å². The Morgan fingerprint density at radius 3 is 2.37 bits per heavy atom. The van der Waals surface area contributed by atoms with Gasteiger partial charge in [0.05, 0.1) is 18.8 Å². The molecule has 1 aliphatic rings. The first-order valence-electron chi connectivity index (χ1n) is 9.27. The summed E-state index contributed by atoms with van der Waals surface area (Å²) in [5.74, 6) is 2.16. The van der Waals surface area contributed by atoms with Crippen molar-refractivity contribution in [1.82, 2.24) is 15.1 Å². The van der Waals surface area contributed by atoms with Crippen molar-refractivity contribution >= 4 is 5.69 Å². The molecule has 6 heteroatoms. The molecular formula is C21H24N4O2. The van der Waals surface area contributed by atoms with Crippen LogP contribution < -0.4 is 9.64 Å².